The van der Waals surface area contributed by atoms with Crippen LogP contribution in [0.3, 0.4) is 0 Å². The molecule has 3 amide bonds. The highest BCUT2D eigenvalue weighted by molar-refractivity contribution is 5.97. The summed E-state index contributed by atoms with van der Waals surface area (Å²) in [5.41, 5.74) is 3.40. The van der Waals surface area contributed by atoms with E-state index in [2.05, 4.69) is 28.1 Å². The maximum Gasteiger partial charge on any atom is 0.321 e. The molecule has 0 bridgehead atoms. The minimum Gasteiger partial charge on any atom is -0.341 e. The molecule has 0 radical (unpaired) electrons. The average molecular weight is 337 g/mol. The highest BCUT2D eigenvalue weighted by Crippen LogP contribution is 2.31. The highest BCUT2D eigenvalue weighted by atomic mass is 16.2. The number of amides is 3. The van der Waals surface area contributed by atoms with E-state index in [1.54, 1.807) is 0 Å². The number of carbonyl (C=O) groups excluding carboxylic acids is 2. The molecule has 2 unspecified atom stereocenters. The molecule has 0 aromatic heterocycles. The predicted octanol–water partition coefficient (Wildman–Crippen LogP) is 2.85. The van der Waals surface area contributed by atoms with Gasteiger partial charge in [-0.2, -0.15) is 0 Å². The average Bonchev–Trinajstić information content (AvgIpc) is 2.66. The van der Waals surface area contributed by atoms with Crippen molar-refractivity contribution in [2.24, 2.45) is 0 Å². The summed E-state index contributed by atoms with van der Waals surface area (Å²) >= 11 is 0. The summed E-state index contributed by atoms with van der Waals surface area (Å²) in [7, 11) is 1.49. The van der Waals surface area contributed by atoms with Gasteiger partial charge in [-0.1, -0.05) is 54.6 Å². The Hall–Kier alpha value is -2.66. The number of urea groups is 1. The summed E-state index contributed by atoms with van der Waals surface area (Å²) in [4.78, 5) is 24.2. The lowest BCUT2D eigenvalue weighted by molar-refractivity contribution is -0.122. The van der Waals surface area contributed by atoms with Crippen LogP contribution in [-0.2, 0) is 11.2 Å². The SMILES string of the molecule is CNC(=O)NC(=O)C(NC1CCCc2ccccc21)c1ccccc1. The summed E-state index contributed by atoms with van der Waals surface area (Å²) in [5.74, 6) is -0.353. The Morgan fingerprint density at radius 3 is 2.52 bits per heavy atom. The molecule has 0 spiro atoms. The van der Waals surface area contributed by atoms with Crippen LogP contribution >= 0.6 is 0 Å². The van der Waals surface area contributed by atoms with E-state index >= 15 is 0 Å². The first-order valence-corrected chi connectivity index (χ1v) is 8.60. The molecule has 3 rings (SSSR count). The summed E-state index contributed by atoms with van der Waals surface area (Å²) < 4.78 is 0. The number of aryl methyl sites for hydroxylation is 1. The molecule has 2 aromatic rings. The van der Waals surface area contributed by atoms with Crippen LogP contribution in [0.4, 0.5) is 4.79 Å². The number of fused-ring (bicyclic) bond motifs is 1. The molecule has 1 aliphatic rings. The van der Waals surface area contributed by atoms with Gasteiger partial charge in [0, 0.05) is 13.1 Å². The zero-order chi connectivity index (χ0) is 17.6. The lowest BCUT2D eigenvalue weighted by Gasteiger charge is -2.30. The molecule has 2 aromatic carbocycles. The summed E-state index contributed by atoms with van der Waals surface area (Å²) in [6.07, 6.45) is 3.11. The third-order valence-electron chi connectivity index (χ3n) is 4.60. The monoisotopic (exact) mass is 337 g/mol. The van der Waals surface area contributed by atoms with Crippen LogP contribution in [0.5, 0.6) is 0 Å². The zero-order valence-corrected chi connectivity index (χ0v) is 14.3. The molecule has 0 aliphatic heterocycles. The Morgan fingerprint density at radius 2 is 1.76 bits per heavy atom. The number of hydrogen-bond acceptors (Lipinski definition) is 3. The number of imide groups is 1. The Labute approximate surface area is 147 Å². The van der Waals surface area contributed by atoms with Crippen LogP contribution in [0.2, 0.25) is 0 Å². The number of hydrogen-bond donors (Lipinski definition) is 3. The first-order chi connectivity index (χ1) is 12.2. The van der Waals surface area contributed by atoms with Gasteiger partial charge in [0.25, 0.3) is 0 Å². The molecule has 3 N–H and O–H groups in total. The maximum absolute atomic E-state index is 12.7. The fourth-order valence-electron chi connectivity index (χ4n) is 3.34. The normalized spacial score (nSPS) is 17.2. The standard InChI is InChI=1S/C20H23N3O2/c1-21-20(25)23-19(24)18(15-9-3-2-4-10-15)22-17-13-7-11-14-8-5-6-12-16(14)17/h2-6,8-10,12,17-18,22H,7,11,13H2,1H3,(H2,21,23,24,25). The van der Waals surface area contributed by atoms with Gasteiger partial charge >= 0.3 is 6.03 Å². The zero-order valence-electron chi connectivity index (χ0n) is 14.3. The second-order valence-corrected chi connectivity index (χ2v) is 6.22. The maximum atomic E-state index is 12.7. The van der Waals surface area contributed by atoms with Gasteiger partial charge in [0.1, 0.15) is 6.04 Å². The van der Waals surface area contributed by atoms with Crippen molar-refractivity contribution in [3.8, 4) is 0 Å². The van der Waals surface area contributed by atoms with Crippen molar-refractivity contribution in [2.45, 2.75) is 31.3 Å². The molecule has 0 saturated carbocycles. The molecule has 1 aliphatic carbocycles. The van der Waals surface area contributed by atoms with E-state index in [4.69, 9.17) is 0 Å². The van der Waals surface area contributed by atoms with Crippen molar-refractivity contribution in [3.05, 3.63) is 71.3 Å². The lowest BCUT2D eigenvalue weighted by Crippen LogP contribution is -2.45. The molecule has 0 heterocycles. The Kier molecular flexibility index (Phi) is 5.46. The second kappa shape index (κ2) is 7.94. The molecular formula is C20H23N3O2. The third-order valence-corrected chi connectivity index (χ3v) is 4.60. The van der Waals surface area contributed by atoms with Gasteiger partial charge in [0.05, 0.1) is 0 Å². The molecule has 2 atom stereocenters. The number of nitrogens with one attached hydrogen (secondary N) is 3. The van der Waals surface area contributed by atoms with E-state index < -0.39 is 12.1 Å². The van der Waals surface area contributed by atoms with Gasteiger partial charge in [0.15, 0.2) is 0 Å². The summed E-state index contributed by atoms with van der Waals surface area (Å²) in [6, 6.07) is 16.8. The fraction of sp³-hybridized carbons (Fsp3) is 0.300. The topological polar surface area (TPSA) is 70.2 Å². The largest absolute Gasteiger partial charge is 0.341 e. The molecule has 5 nitrogen and oxygen atoms in total. The van der Waals surface area contributed by atoms with E-state index in [0.29, 0.717) is 0 Å². The van der Waals surface area contributed by atoms with E-state index in [9.17, 15) is 9.59 Å². The molecular weight excluding hydrogens is 314 g/mol. The van der Waals surface area contributed by atoms with Gasteiger partial charge in [0.2, 0.25) is 5.91 Å². The van der Waals surface area contributed by atoms with Gasteiger partial charge in [-0.3, -0.25) is 15.4 Å². The Bertz CT molecular complexity index is 746. The van der Waals surface area contributed by atoms with Crippen molar-refractivity contribution in [2.75, 3.05) is 7.05 Å². The summed E-state index contributed by atoms with van der Waals surface area (Å²) in [6.45, 7) is 0. The van der Waals surface area contributed by atoms with Crippen molar-refractivity contribution in [1.82, 2.24) is 16.0 Å². The summed E-state index contributed by atoms with van der Waals surface area (Å²) in [5, 5.41) is 8.28. The van der Waals surface area contributed by atoms with E-state index in [0.717, 1.165) is 24.8 Å². The van der Waals surface area contributed by atoms with Gasteiger partial charge in [-0.15, -0.1) is 0 Å². The van der Waals surface area contributed by atoms with Crippen LogP contribution in [0.25, 0.3) is 0 Å². The minimum atomic E-state index is -0.588. The van der Waals surface area contributed by atoms with Crippen molar-refractivity contribution in [1.29, 1.82) is 0 Å². The minimum absolute atomic E-state index is 0.0885. The lowest BCUT2D eigenvalue weighted by atomic mass is 9.87. The van der Waals surface area contributed by atoms with Crippen LogP contribution in [0.1, 0.15) is 41.6 Å². The third kappa shape index (κ3) is 4.06. The second-order valence-electron chi connectivity index (χ2n) is 6.22. The molecule has 130 valence electrons. The Balaban J connectivity index is 1.86. The molecule has 0 saturated heterocycles. The van der Waals surface area contributed by atoms with Crippen LogP contribution in [0, 0.1) is 0 Å². The fourth-order valence-corrected chi connectivity index (χ4v) is 3.34. The van der Waals surface area contributed by atoms with E-state index in [1.807, 2.05) is 42.5 Å². The number of benzene rings is 2. The number of carbonyl (C=O) groups is 2. The van der Waals surface area contributed by atoms with Crippen LogP contribution in [-0.4, -0.2) is 19.0 Å². The van der Waals surface area contributed by atoms with Gasteiger partial charge < -0.3 is 5.32 Å². The van der Waals surface area contributed by atoms with Crippen LogP contribution < -0.4 is 16.0 Å². The van der Waals surface area contributed by atoms with Gasteiger partial charge in [-0.25, -0.2) is 4.79 Å². The van der Waals surface area contributed by atoms with Crippen LogP contribution in [0.15, 0.2) is 54.6 Å². The highest BCUT2D eigenvalue weighted by Gasteiger charge is 2.28. The molecule has 25 heavy (non-hydrogen) atoms. The molecule has 5 heteroatoms. The van der Waals surface area contributed by atoms with Crippen molar-refractivity contribution in [3.63, 3.8) is 0 Å². The first kappa shape index (κ1) is 17.2. The molecule has 0 fully saturated rings. The Morgan fingerprint density at radius 1 is 1.04 bits per heavy atom. The van der Waals surface area contributed by atoms with E-state index in [1.165, 1.54) is 18.2 Å². The first-order valence-electron chi connectivity index (χ1n) is 8.60. The van der Waals surface area contributed by atoms with Crippen molar-refractivity contribution < 1.29 is 9.59 Å². The smallest absolute Gasteiger partial charge is 0.321 e. The predicted molar refractivity (Wildman–Crippen MR) is 97.0 cm³/mol. The quantitative estimate of drug-likeness (QED) is 0.803. The van der Waals surface area contributed by atoms with Crippen molar-refractivity contribution >= 4 is 11.9 Å². The number of rotatable bonds is 4. The van der Waals surface area contributed by atoms with Gasteiger partial charge in [-0.05, 0) is 36.0 Å². The van der Waals surface area contributed by atoms with E-state index in [-0.39, 0.29) is 11.9 Å².